The maximum Gasteiger partial charge on any atom is 0.326 e. The minimum atomic E-state index is -3.51. The lowest BCUT2D eigenvalue weighted by Gasteiger charge is -2.31. The Labute approximate surface area is 180 Å². The monoisotopic (exact) mass is 453 g/mol. The number of hydrogen-bond donors (Lipinski definition) is 0. The number of esters is 1. The van der Waals surface area contributed by atoms with Crippen LogP contribution in [0.2, 0.25) is 0 Å². The molecule has 0 radical (unpaired) electrons. The van der Waals surface area contributed by atoms with Crippen molar-refractivity contribution >= 4 is 43.5 Å². The van der Waals surface area contributed by atoms with E-state index in [1.807, 2.05) is 18.2 Å². The number of amides is 1. The predicted molar refractivity (Wildman–Crippen MR) is 116 cm³/mol. The van der Waals surface area contributed by atoms with Gasteiger partial charge in [0.1, 0.15) is 12.6 Å². The number of fused-ring (bicyclic) bond motifs is 1. The van der Waals surface area contributed by atoms with E-state index in [1.165, 1.54) is 15.6 Å². The molecule has 0 saturated carbocycles. The van der Waals surface area contributed by atoms with E-state index >= 15 is 0 Å². The molecule has 0 bridgehead atoms. The predicted octanol–water partition coefficient (Wildman–Crippen LogP) is 2.07. The quantitative estimate of drug-likeness (QED) is 0.624. The van der Waals surface area contributed by atoms with Gasteiger partial charge in [-0.05, 0) is 43.9 Å². The third-order valence-corrected chi connectivity index (χ3v) is 7.45. The Kier molecular flexibility index (Phi) is 7.10. The molecular formula is C20H27N3O5S2. The van der Waals surface area contributed by atoms with Gasteiger partial charge in [0.15, 0.2) is 4.80 Å². The number of ether oxygens (including phenoxy) is 1. The maximum atomic E-state index is 13.0. The molecule has 164 valence electrons. The molecule has 1 aromatic heterocycles. The molecule has 0 aliphatic carbocycles. The first-order valence-electron chi connectivity index (χ1n) is 10.1. The van der Waals surface area contributed by atoms with Gasteiger partial charge in [-0.3, -0.25) is 9.59 Å². The van der Waals surface area contributed by atoms with Crippen LogP contribution >= 0.6 is 11.3 Å². The van der Waals surface area contributed by atoms with Crippen LogP contribution in [-0.4, -0.2) is 54.6 Å². The molecule has 1 amide bonds. The first-order chi connectivity index (χ1) is 14.2. The average molecular weight is 454 g/mol. The molecule has 1 saturated heterocycles. The van der Waals surface area contributed by atoms with Crippen LogP contribution in [0.3, 0.4) is 0 Å². The van der Waals surface area contributed by atoms with Gasteiger partial charge in [0, 0.05) is 6.54 Å². The summed E-state index contributed by atoms with van der Waals surface area (Å²) in [5.41, 5.74) is 1.93. The number of piperidine rings is 1. The van der Waals surface area contributed by atoms with Crippen molar-refractivity contribution in [2.24, 2.45) is 4.99 Å². The molecule has 2 aromatic rings. The van der Waals surface area contributed by atoms with Crippen molar-refractivity contribution in [3.8, 4) is 0 Å². The molecule has 1 aliphatic heterocycles. The minimum Gasteiger partial charge on any atom is -0.465 e. The summed E-state index contributed by atoms with van der Waals surface area (Å²) < 4.78 is 33.1. The second kappa shape index (κ2) is 9.40. The number of nitrogens with zero attached hydrogens (tertiary/aromatic N) is 3. The summed E-state index contributed by atoms with van der Waals surface area (Å²) in [5.74, 6) is -0.916. The number of carbonyl (C=O) groups excluding carboxylic acids is 2. The number of thiazole rings is 1. The number of carbonyl (C=O) groups is 2. The van der Waals surface area contributed by atoms with E-state index in [0.717, 1.165) is 41.3 Å². The van der Waals surface area contributed by atoms with E-state index in [2.05, 4.69) is 11.9 Å². The summed E-state index contributed by atoms with van der Waals surface area (Å²) in [4.78, 5) is 29.8. The Balaban J connectivity index is 2.07. The lowest BCUT2D eigenvalue weighted by Crippen LogP contribution is -2.47. The highest BCUT2D eigenvalue weighted by Gasteiger charge is 2.34. The molecule has 1 atom stereocenters. The summed E-state index contributed by atoms with van der Waals surface area (Å²) >= 11 is 1.31. The second-order valence-electron chi connectivity index (χ2n) is 7.27. The van der Waals surface area contributed by atoms with Crippen LogP contribution in [0.1, 0.15) is 38.7 Å². The van der Waals surface area contributed by atoms with Gasteiger partial charge < -0.3 is 9.30 Å². The standard InChI is InChI=1S/C20H27N3O5S2/c1-4-14-9-10-15-17(12-14)29-20(22(15)13-18(24)28-5-2)21-19(25)16-8-6-7-11-23(16)30(3,26)27/h9-10,12,16H,4-8,11,13H2,1-3H3. The molecule has 3 rings (SSSR count). The molecule has 2 heterocycles. The van der Waals surface area contributed by atoms with E-state index < -0.39 is 27.9 Å². The Morgan fingerprint density at radius 2 is 2.03 bits per heavy atom. The maximum absolute atomic E-state index is 13.0. The van der Waals surface area contributed by atoms with Gasteiger partial charge in [0.25, 0.3) is 5.91 Å². The van der Waals surface area contributed by atoms with E-state index in [9.17, 15) is 18.0 Å². The highest BCUT2D eigenvalue weighted by molar-refractivity contribution is 7.88. The van der Waals surface area contributed by atoms with Crippen LogP contribution in [0.15, 0.2) is 23.2 Å². The third-order valence-electron chi connectivity index (χ3n) is 5.12. The molecule has 1 unspecified atom stereocenters. The van der Waals surface area contributed by atoms with Gasteiger partial charge in [-0.15, -0.1) is 0 Å². The summed E-state index contributed by atoms with van der Waals surface area (Å²) in [6.45, 7) is 4.31. The Bertz CT molecular complexity index is 1120. The van der Waals surface area contributed by atoms with Crippen LogP contribution < -0.4 is 4.80 Å². The molecule has 1 aliphatic rings. The Hall–Kier alpha value is -2.04. The summed E-state index contributed by atoms with van der Waals surface area (Å²) in [6.07, 6.45) is 3.92. The first-order valence-corrected chi connectivity index (χ1v) is 12.7. The van der Waals surface area contributed by atoms with E-state index in [4.69, 9.17) is 4.74 Å². The van der Waals surface area contributed by atoms with Crippen LogP contribution in [0, 0.1) is 0 Å². The summed E-state index contributed by atoms with van der Waals surface area (Å²) in [5, 5.41) is 0. The van der Waals surface area contributed by atoms with E-state index in [0.29, 0.717) is 17.8 Å². The molecule has 30 heavy (non-hydrogen) atoms. The molecule has 8 nitrogen and oxygen atoms in total. The fourth-order valence-electron chi connectivity index (χ4n) is 3.63. The largest absolute Gasteiger partial charge is 0.465 e. The number of aromatic nitrogens is 1. The Morgan fingerprint density at radius 1 is 1.27 bits per heavy atom. The topological polar surface area (TPSA) is 98.0 Å². The van der Waals surface area contributed by atoms with Gasteiger partial charge in [-0.25, -0.2) is 8.42 Å². The zero-order valence-corrected chi connectivity index (χ0v) is 19.1. The van der Waals surface area contributed by atoms with Gasteiger partial charge in [0.05, 0.1) is 23.1 Å². The molecule has 1 aromatic carbocycles. The number of hydrogen-bond acceptors (Lipinski definition) is 6. The fourth-order valence-corrected chi connectivity index (χ4v) is 5.85. The second-order valence-corrected chi connectivity index (χ2v) is 10.2. The van der Waals surface area contributed by atoms with Crippen LogP contribution in [0.4, 0.5) is 0 Å². The Morgan fingerprint density at radius 3 is 2.70 bits per heavy atom. The molecular weight excluding hydrogens is 426 g/mol. The van der Waals surface area contributed by atoms with E-state index in [-0.39, 0.29) is 13.2 Å². The van der Waals surface area contributed by atoms with Crippen LogP contribution in [-0.2, 0) is 37.3 Å². The zero-order valence-electron chi connectivity index (χ0n) is 17.5. The van der Waals surface area contributed by atoms with Gasteiger partial charge in [-0.1, -0.05) is 30.7 Å². The fraction of sp³-hybridized carbons (Fsp3) is 0.550. The lowest BCUT2D eigenvalue weighted by molar-refractivity contribution is -0.143. The number of benzene rings is 1. The van der Waals surface area contributed by atoms with Gasteiger partial charge in [0.2, 0.25) is 10.0 Å². The van der Waals surface area contributed by atoms with Crippen LogP contribution in [0.25, 0.3) is 10.2 Å². The van der Waals surface area contributed by atoms with Crippen molar-refractivity contribution in [1.82, 2.24) is 8.87 Å². The zero-order chi connectivity index (χ0) is 21.9. The lowest BCUT2D eigenvalue weighted by atomic mass is 10.0. The minimum absolute atomic E-state index is 0.0636. The number of aryl methyl sites for hydroxylation is 1. The van der Waals surface area contributed by atoms with Crippen molar-refractivity contribution in [1.29, 1.82) is 0 Å². The molecule has 0 N–H and O–H groups in total. The molecule has 0 spiro atoms. The third kappa shape index (κ3) is 4.98. The summed E-state index contributed by atoms with van der Waals surface area (Å²) in [7, 11) is -3.51. The average Bonchev–Trinajstić information content (AvgIpc) is 3.03. The van der Waals surface area contributed by atoms with Crippen molar-refractivity contribution in [3.05, 3.63) is 28.6 Å². The molecule has 1 fully saturated rings. The number of rotatable bonds is 6. The summed E-state index contributed by atoms with van der Waals surface area (Å²) in [6, 6.07) is 5.11. The smallest absolute Gasteiger partial charge is 0.326 e. The van der Waals surface area contributed by atoms with Gasteiger partial charge >= 0.3 is 5.97 Å². The van der Waals surface area contributed by atoms with Crippen molar-refractivity contribution in [3.63, 3.8) is 0 Å². The molecule has 10 heteroatoms. The van der Waals surface area contributed by atoms with Crippen LogP contribution in [0.5, 0.6) is 0 Å². The van der Waals surface area contributed by atoms with Crippen molar-refractivity contribution in [2.45, 2.75) is 52.1 Å². The van der Waals surface area contributed by atoms with Gasteiger partial charge in [-0.2, -0.15) is 9.30 Å². The highest BCUT2D eigenvalue weighted by Crippen LogP contribution is 2.22. The number of sulfonamides is 1. The normalized spacial score (nSPS) is 18.6. The van der Waals surface area contributed by atoms with E-state index in [1.54, 1.807) is 11.5 Å². The first kappa shape index (κ1) is 22.6. The van der Waals surface area contributed by atoms with Crippen molar-refractivity contribution < 1.29 is 22.7 Å². The van der Waals surface area contributed by atoms with Crippen molar-refractivity contribution in [2.75, 3.05) is 19.4 Å². The SMILES string of the molecule is CCOC(=O)Cn1c(=NC(=O)C2CCCCN2S(C)(=O)=O)sc2cc(CC)ccc21. The highest BCUT2D eigenvalue weighted by atomic mass is 32.2.